The van der Waals surface area contributed by atoms with Crippen molar-refractivity contribution >= 4 is 11.6 Å². The molecule has 2 fully saturated rings. The van der Waals surface area contributed by atoms with Crippen LogP contribution < -0.4 is 5.32 Å². The van der Waals surface area contributed by atoms with E-state index in [2.05, 4.69) is 10.2 Å². The molecule has 19 heavy (non-hydrogen) atoms. The first-order valence-electron chi connectivity index (χ1n) is 6.79. The summed E-state index contributed by atoms with van der Waals surface area (Å²) in [5.74, 6) is 0.180. The highest BCUT2D eigenvalue weighted by Crippen LogP contribution is 2.48. The molecule has 1 saturated heterocycles. The van der Waals surface area contributed by atoms with E-state index in [-0.39, 0.29) is 22.6 Å². The molecule has 0 bridgehead atoms. The quantitative estimate of drug-likeness (QED) is 0.895. The molecule has 2 N–H and O–H groups in total. The average Bonchev–Trinajstić information content (AvgIpc) is 3.21. The van der Waals surface area contributed by atoms with Gasteiger partial charge in [0.25, 0.3) is 0 Å². The first-order valence-corrected chi connectivity index (χ1v) is 7.17. The van der Waals surface area contributed by atoms with Gasteiger partial charge in [0, 0.05) is 37.8 Å². The number of hydrogen-bond donors (Lipinski definition) is 2. The molecule has 0 aromatic heterocycles. The van der Waals surface area contributed by atoms with Crippen LogP contribution in [0.25, 0.3) is 0 Å². The predicted molar refractivity (Wildman–Crippen MR) is 73.0 cm³/mol. The molecule has 0 unspecified atom stereocenters. The van der Waals surface area contributed by atoms with E-state index in [1.807, 2.05) is 0 Å². The van der Waals surface area contributed by atoms with Gasteiger partial charge in [-0.25, -0.2) is 4.39 Å². The molecule has 3 nitrogen and oxygen atoms in total. The molecule has 1 saturated carbocycles. The van der Waals surface area contributed by atoms with Gasteiger partial charge in [0.15, 0.2) is 0 Å². The summed E-state index contributed by atoms with van der Waals surface area (Å²) >= 11 is 5.91. The minimum Gasteiger partial charge on any atom is -0.506 e. The van der Waals surface area contributed by atoms with Gasteiger partial charge >= 0.3 is 0 Å². The number of nitrogens with zero attached hydrogens (tertiary/aromatic N) is 1. The highest BCUT2D eigenvalue weighted by Gasteiger charge is 2.38. The summed E-state index contributed by atoms with van der Waals surface area (Å²) in [6.45, 7) is 3.73. The van der Waals surface area contributed by atoms with Crippen molar-refractivity contribution in [1.82, 2.24) is 10.2 Å². The van der Waals surface area contributed by atoms with Gasteiger partial charge in [-0.15, -0.1) is 0 Å². The van der Waals surface area contributed by atoms with Crippen LogP contribution in [0.4, 0.5) is 4.39 Å². The van der Waals surface area contributed by atoms with Crippen molar-refractivity contribution in [2.24, 2.45) is 5.92 Å². The maximum absolute atomic E-state index is 13.6. The summed E-state index contributed by atoms with van der Waals surface area (Å²) in [6.07, 6.45) is 2.28. The van der Waals surface area contributed by atoms with E-state index in [0.717, 1.165) is 39.0 Å². The van der Waals surface area contributed by atoms with Crippen molar-refractivity contribution in [3.63, 3.8) is 0 Å². The predicted octanol–water partition coefficient (Wildman–Crippen LogP) is 2.54. The summed E-state index contributed by atoms with van der Waals surface area (Å²) in [4.78, 5) is 2.33. The Labute approximate surface area is 117 Å². The molecular formula is C14H18ClFN2O. The van der Waals surface area contributed by atoms with E-state index in [1.54, 1.807) is 0 Å². The molecule has 1 heterocycles. The molecule has 0 amide bonds. The Morgan fingerprint density at radius 1 is 1.32 bits per heavy atom. The van der Waals surface area contributed by atoms with Crippen molar-refractivity contribution in [2.75, 3.05) is 26.2 Å². The van der Waals surface area contributed by atoms with Gasteiger partial charge < -0.3 is 10.4 Å². The Hall–Kier alpha value is -0.840. The lowest BCUT2D eigenvalue weighted by Crippen LogP contribution is -2.45. The molecule has 1 aliphatic carbocycles. The summed E-state index contributed by atoms with van der Waals surface area (Å²) in [5, 5.41) is 13.6. The number of phenols is 1. The molecule has 3 rings (SSSR count). The van der Waals surface area contributed by atoms with Crippen molar-refractivity contribution in [3.8, 4) is 5.75 Å². The van der Waals surface area contributed by atoms with Gasteiger partial charge in [0.1, 0.15) is 11.6 Å². The molecule has 0 radical (unpaired) electrons. The van der Waals surface area contributed by atoms with E-state index in [0.29, 0.717) is 11.5 Å². The summed E-state index contributed by atoms with van der Waals surface area (Å²) in [6, 6.07) is 2.70. The standard InChI is InChI=1S/C14H18ClFN2O/c15-12-8-10(16)7-11(14(12)19)13(9-1-2-9)18-5-3-17-4-6-18/h7-9,13,17,19H,1-6H2/t13-/m0/s1. The van der Waals surface area contributed by atoms with Crippen molar-refractivity contribution in [3.05, 3.63) is 28.5 Å². The maximum atomic E-state index is 13.6. The summed E-state index contributed by atoms with van der Waals surface area (Å²) in [7, 11) is 0. The minimum absolute atomic E-state index is 0.0403. The van der Waals surface area contributed by atoms with Crippen molar-refractivity contribution < 1.29 is 9.50 Å². The number of phenolic OH excluding ortho intramolecular Hbond substituents is 1. The summed E-state index contributed by atoms with van der Waals surface area (Å²) < 4.78 is 13.6. The van der Waals surface area contributed by atoms with Crippen LogP contribution in [-0.4, -0.2) is 36.2 Å². The maximum Gasteiger partial charge on any atom is 0.139 e. The number of halogens is 2. The second kappa shape index (κ2) is 5.27. The molecule has 0 spiro atoms. The number of hydrogen-bond acceptors (Lipinski definition) is 3. The molecule has 1 aliphatic heterocycles. The van der Waals surface area contributed by atoms with Crippen LogP contribution in [0.1, 0.15) is 24.4 Å². The van der Waals surface area contributed by atoms with Crippen LogP contribution in [0.3, 0.4) is 0 Å². The third-order valence-electron chi connectivity index (χ3n) is 3.99. The molecular weight excluding hydrogens is 267 g/mol. The van der Waals surface area contributed by atoms with E-state index < -0.39 is 0 Å². The second-order valence-corrected chi connectivity index (χ2v) is 5.80. The van der Waals surface area contributed by atoms with Gasteiger partial charge in [-0.1, -0.05) is 11.6 Å². The first kappa shape index (κ1) is 13.2. The fraction of sp³-hybridized carbons (Fsp3) is 0.571. The molecule has 1 atom stereocenters. The van der Waals surface area contributed by atoms with Crippen LogP contribution in [0.5, 0.6) is 5.75 Å². The SMILES string of the molecule is Oc1c(Cl)cc(F)cc1[C@H](C1CC1)N1CCNCC1. The zero-order chi connectivity index (χ0) is 13.4. The highest BCUT2D eigenvalue weighted by atomic mass is 35.5. The lowest BCUT2D eigenvalue weighted by molar-refractivity contribution is 0.153. The third kappa shape index (κ3) is 2.71. The number of piperazine rings is 1. The van der Waals surface area contributed by atoms with Gasteiger partial charge in [0.2, 0.25) is 0 Å². The third-order valence-corrected chi connectivity index (χ3v) is 4.28. The molecule has 1 aromatic rings. The average molecular weight is 285 g/mol. The molecule has 5 heteroatoms. The first-order chi connectivity index (χ1) is 9.16. The van der Waals surface area contributed by atoms with Gasteiger partial charge in [-0.3, -0.25) is 4.90 Å². The monoisotopic (exact) mass is 284 g/mol. The van der Waals surface area contributed by atoms with Crippen molar-refractivity contribution in [2.45, 2.75) is 18.9 Å². The fourth-order valence-electron chi connectivity index (χ4n) is 2.93. The lowest BCUT2D eigenvalue weighted by Gasteiger charge is -2.35. The number of nitrogens with one attached hydrogen (secondary N) is 1. The van der Waals surface area contributed by atoms with E-state index in [4.69, 9.17) is 11.6 Å². The zero-order valence-electron chi connectivity index (χ0n) is 10.7. The molecule has 2 aliphatic rings. The largest absolute Gasteiger partial charge is 0.506 e. The second-order valence-electron chi connectivity index (χ2n) is 5.39. The summed E-state index contributed by atoms with van der Waals surface area (Å²) in [5.41, 5.74) is 0.648. The van der Waals surface area contributed by atoms with Crippen molar-refractivity contribution in [1.29, 1.82) is 0 Å². The van der Waals surface area contributed by atoms with Crippen LogP contribution in [0.2, 0.25) is 5.02 Å². The fourth-order valence-corrected chi connectivity index (χ4v) is 3.15. The molecule has 1 aromatic carbocycles. The lowest BCUT2D eigenvalue weighted by atomic mass is 9.98. The zero-order valence-corrected chi connectivity index (χ0v) is 11.5. The van der Waals surface area contributed by atoms with Gasteiger partial charge in [-0.05, 0) is 30.9 Å². The van der Waals surface area contributed by atoms with E-state index >= 15 is 0 Å². The topological polar surface area (TPSA) is 35.5 Å². The Kier molecular flexibility index (Phi) is 3.65. The Balaban J connectivity index is 1.95. The normalized spacial score (nSPS) is 22.4. The number of rotatable bonds is 3. The van der Waals surface area contributed by atoms with Crippen LogP contribution >= 0.6 is 11.6 Å². The molecule has 104 valence electrons. The Bertz CT molecular complexity index is 473. The van der Waals surface area contributed by atoms with Crippen LogP contribution in [-0.2, 0) is 0 Å². The Morgan fingerprint density at radius 2 is 2.00 bits per heavy atom. The van der Waals surface area contributed by atoms with Crippen LogP contribution in [0, 0.1) is 11.7 Å². The smallest absolute Gasteiger partial charge is 0.139 e. The number of benzene rings is 1. The minimum atomic E-state index is -0.376. The number of aromatic hydroxyl groups is 1. The Morgan fingerprint density at radius 3 is 2.63 bits per heavy atom. The van der Waals surface area contributed by atoms with Crippen LogP contribution in [0.15, 0.2) is 12.1 Å². The van der Waals surface area contributed by atoms with E-state index in [1.165, 1.54) is 12.1 Å². The van der Waals surface area contributed by atoms with E-state index in [9.17, 15) is 9.50 Å². The van der Waals surface area contributed by atoms with Gasteiger partial charge in [0.05, 0.1) is 5.02 Å². The van der Waals surface area contributed by atoms with Gasteiger partial charge in [-0.2, -0.15) is 0 Å². The highest BCUT2D eigenvalue weighted by molar-refractivity contribution is 6.32.